The molecule has 0 saturated carbocycles. The number of ether oxygens (including phenoxy) is 2. The van der Waals surface area contributed by atoms with Gasteiger partial charge in [-0.1, -0.05) is 43.3 Å². The number of nitrogens with zero attached hydrogens (tertiary/aromatic N) is 1. The van der Waals surface area contributed by atoms with Crippen molar-refractivity contribution in [1.29, 1.82) is 0 Å². The van der Waals surface area contributed by atoms with E-state index in [-0.39, 0.29) is 19.1 Å². The van der Waals surface area contributed by atoms with Crippen molar-refractivity contribution in [3.05, 3.63) is 65.2 Å². The number of hydrogen-bond acceptors (Lipinski definition) is 5. The Kier molecular flexibility index (Phi) is 6.85. The van der Waals surface area contributed by atoms with Crippen molar-refractivity contribution in [1.82, 2.24) is 4.90 Å². The molecule has 0 bridgehead atoms. The average molecular weight is 408 g/mol. The minimum Gasteiger partial charge on any atom is -0.488 e. The first-order valence-corrected chi connectivity index (χ1v) is 9.69. The summed E-state index contributed by atoms with van der Waals surface area (Å²) in [6.07, 6.45) is 2.47. The van der Waals surface area contributed by atoms with Crippen molar-refractivity contribution in [2.24, 2.45) is 0 Å². The third-order valence-electron chi connectivity index (χ3n) is 4.70. The summed E-state index contributed by atoms with van der Waals surface area (Å²) >= 11 is 0. The van der Waals surface area contributed by atoms with Gasteiger partial charge in [0, 0.05) is 18.3 Å². The smallest absolute Gasteiger partial charge is 0.338 e. The van der Waals surface area contributed by atoms with E-state index in [4.69, 9.17) is 9.47 Å². The first-order valence-electron chi connectivity index (χ1n) is 9.69. The number of rotatable bonds is 7. The molecule has 2 amide bonds. The van der Waals surface area contributed by atoms with E-state index in [0.29, 0.717) is 11.3 Å². The molecular weight excluding hydrogens is 384 g/mol. The van der Waals surface area contributed by atoms with Gasteiger partial charge in [-0.2, -0.15) is 0 Å². The quantitative estimate of drug-likeness (QED) is 0.712. The lowest BCUT2D eigenvalue weighted by atomic mass is 10.1. The van der Waals surface area contributed by atoms with Crippen LogP contribution < -0.4 is 10.1 Å². The maximum absolute atomic E-state index is 12.3. The Morgan fingerprint density at radius 3 is 2.63 bits per heavy atom. The van der Waals surface area contributed by atoms with Gasteiger partial charge in [0.15, 0.2) is 6.61 Å². The second-order valence-electron chi connectivity index (χ2n) is 6.88. The molecule has 7 heteroatoms. The van der Waals surface area contributed by atoms with Crippen molar-refractivity contribution in [2.45, 2.75) is 13.3 Å². The summed E-state index contributed by atoms with van der Waals surface area (Å²) in [5.41, 5.74) is 2.85. The Labute approximate surface area is 175 Å². The molecule has 0 fully saturated rings. The summed E-state index contributed by atoms with van der Waals surface area (Å²) in [4.78, 5) is 38.0. The molecule has 156 valence electrons. The number of aryl methyl sites for hydroxylation is 1. The molecule has 2 aromatic carbocycles. The third-order valence-corrected chi connectivity index (χ3v) is 4.70. The number of likely N-dealkylation sites (N-methyl/N-ethyl adjacent to an activating group) is 1. The topological polar surface area (TPSA) is 84.9 Å². The maximum atomic E-state index is 12.3. The predicted octanol–water partition coefficient (Wildman–Crippen LogP) is 2.67. The molecule has 1 aliphatic rings. The van der Waals surface area contributed by atoms with Crippen LogP contribution in [-0.4, -0.2) is 49.5 Å². The average Bonchev–Trinajstić information content (AvgIpc) is 2.77. The second-order valence-corrected chi connectivity index (χ2v) is 6.88. The van der Waals surface area contributed by atoms with Crippen LogP contribution in [0.2, 0.25) is 0 Å². The summed E-state index contributed by atoms with van der Waals surface area (Å²) in [6, 6.07) is 14.8. The number of amides is 2. The van der Waals surface area contributed by atoms with Gasteiger partial charge in [-0.05, 0) is 30.2 Å². The fraction of sp³-hybridized carbons (Fsp3) is 0.261. The summed E-state index contributed by atoms with van der Waals surface area (Å²) in [5, 5.41) is 2.81. The van der Waals surface area contributed by atoms with Crippen LogP contribution in [0.15, 0.2) is 54.1 Å². The molecule has 0 spiro atoms. The van der Waals surface area contributed by atoms with Crippen molar-refractivity contribution in [3.63, 3.8) is 0 Å². The number of esters is 1. The SMILES string of the molecule is CCc1ccccc1NC(=O)CN(C)C(=O)COC(=O)C1=Cc2ccccc2OC1. The first-order chi connectivity index (χ1) is 14.5. The minimum atomic E-state index is -0.618. The number of benzene rings is 2. The normalized spacial score (nSPS) is 12.1. The van der Waals surface area contributed by atoms with Crippen LogP contribution in [0.3, 0.4) is 0 Å². The summed E-state index contributed by atoms with van der Waals surface area (Å²) < 4.78 is 10.6. The number of carbonyl (C=O) groups is 3. The summed E-state index contributed by atoms with van der Waals surface area (Å²) in [6.45, 7) is 1.49. The zero-order valence-corrected chi connectivity index (χ0v) is 17.0. The predicted molar refractivity (Wildman–Crippen MR) is 113 cm³/mol. The fourth-order valence-electron chi connectivity index (χ4n) is 3.01. The van der Waals surface area contributed by atoms with Crippen molar-refractivity contribution < 1.29 is 23.9 Å². The van der Waals surface area contributed by atoms with Gasteiger partial charge in [-0.25, -0.2) is 4.79 Å². The monoisotopic (exact) mass is 408 g/mol. The molecule has 7 nitrogen and oxygen atoms in total. The van der Waals surface area contributed by atoms with Crippen molar-refractivity contribution >= 4 is 29.5 Å². The lowest BCUT2D eigenvalue weighted by molar-refractivity contribution is -0.149. The van der Waals surface area contributed by atoms with E-state index in [1.165, 1.54) is 11.9 Å². The Morgan fingerprint density at radius 2 is 1.83 bits per heavy atom. The van der Waals surface area contributed by atoms with E-state index < -0.39 is 18.5 Å². The van der Waals surface area contributed by atoms with Crippen LogP contribution in [0.1, 0.15) is 18.1 Å². The molecule has 1 aliphatic heterocycles. The second kappa shape index (κ2) is 9.73. The van der Waals surface area contributed by atoms with E-state index in [1.807, 2.05) is 55.5 Å². The lowest BCUT2D eigenvalue weighted by Crippen LogP contribution is -2.37. The molecule has 3 rings (SSSR count). The van der Waals surface area contributed by atoms with E-state index in [9.17, 15) is 14.4 Å². The van der Waals surface area contributed by atoms with Gasteiger partial charge >= 0.3 is 5.97 Å². The summed E-state index contributed by atoms with van der Waals surface area (Å²) in [7, 11) is 1.49. The first kappa shape index (κ1) is 21.1. The minimum absolute atomic E-state index is 0.0825. The van der Waals surface area contributed by atoms with Gasteiger partial charge < -0.3 is 19.7 Å². The molecule has 0 unspecified atom stereocenters. The Hall–Kier alpha value is -3.61. The molecule has 0 radical (unpaired) electrons. The van der Waals surface area contributed by atoms with E-state index >= 15 is 0 Å². The van der Waals surface area contributed by atoms with Gasteiger partial charge in [0.2, 0.25) is 5.91 Å². The van der Waals surface area contributed by atoms with Crippen molar-refractivity contribution in [3.8, 4) is 5.75 Å². The lowest BCUT2D eigenvalue weighted by Gasteiger charge is -2.19. The highest BCUT2D eigenvalue weighted by molar-refractivity contribution is 5.97. The number of para-hydroxylation sites is 2. The molecule has 2 aromatic rings. The van der Waals surface area contributed by atoms with Crippen LogP contribution in [0.5, 0.6) is 5.75 Å². The molecule has 1 N–H and O–H groups in total. The van der Waals surface area contributed by atoms with Gasteiger partial charge in [-0.15, -0.1) is 0 Å². The van der Waals surface area contributed by atoms with Gasteiger partial charge in [0.25, 0.3) is 5.91 Å². The van der Waals surface area contributed by atoms with Gasteiger partial charge in [-0.3, -0.25) is 9.59 Å². The Bertz CT molecular complexity index is 983. The van der Waals surface area contributed by atoms with Crippen LogP contribution in [0.4, 0.5) is 5.69 Å². The van der Waals surface area contributed by atoms with Crippen molar-refractivity contribution in [2.75, 3.05) is 32.1 Å². The molecule has 0 atom stereocenters. The van der Waals surface area contributed by atoms with Gasteiger partial charge in [0.1, 0.15) is 12.4 Å². The van der Waals surface area contributed by atoms with E-state index in [1.54, 1.807) is 6.08 Å². The number of carbonyl (C=O) groups excluding carboxylic acids is 3. The fourth-order valence-corrected chi connectivity index (χ4v) is 3.01. The summed E-state index contributed by atoms with van der Waals surface area (Å²) in [5.74, 6) is -0.717. The zero-order valence-electron chi connectivity index (χ0n) is 17.0. The standard InChI is InChI=1S/C23H24N2O5/c1-3-16-8-4-6-10-19(16)24-21(26)13-25(2)22(27)15-30-23(28)18-12-17-9-5-7-11-20(17)29-14-18/h4-12H,3,13-15H2,1-2H3,(H,24,26). The number of fused-ring (bicyclic) bond motifs is 1. The van der Waals surface area contributed by atoms with Crippen LogP contribution in [0.25, 0.3) is 6.08 Å². The van der Waals surface area contributed by atoms with Crippen LogP contribution in [-0.2, 0) is 25.5 Å². The maximum Gasteiger partial charge on any atom is 0.338 e. The highest BCUT2D eigenvalue weighted by atomic mass is 16.5. The molecular formula is C23H24N2O5. The largest absolute Gasteiger partial charge is 0.488 e. The van der Waals surface area contributed by atoms with E-state index in [0.717, 1.165) is 23.2 Å². The highest BCUT2D eigenvalue weighted by Crippen LogP contribution is 2.26. The van der Waals surface area contributed by atoms with Crippen LogP contribution in [0, 0.1) is 0 Å². The Morgan fingerprint density at radius 1 is 1.10 bits per heavy atom. The molecule has 30 heavy (non-hydrogen) atoms. The number of nitrogens with one attached hydrogen (secondary N) is 1. The Balaban J connectivity index is 1.49. The van der Waals surface area contributed by atoms with E-state index in [2.05, 4.69) is 5.32 Å². The number of anilines is 1. The van der Waals surface area contributed by atoms with Gasteiger partial charge in [0.05, 0.1) is 12.1 Å². The third kappa shape index (κ3) is 5.26. The zero-order chi connectivity index (χ0) is 21.5. The number of hydrogen-bond donors (Lipinski definition) is 1. The molecule has 0 aromatic heterocycles. The highest BCUT2D eigenvalue weighted by Gasteiger charge is 2.21. The molecule has 1 heterocycles. The van der Waals surface area contributed by atoms with Crippen LogP contribution >= 0.6 is 0 Å². The molecule has 0 aliphatic carbocycles. The molecule has 0 saturated heterocycles.